The first kappa shape index (κ1) is 15.6. The minimum atomic E-state index is -0.201. The van der Waals surface area contributed by atoms with Crippen LogP contribution in [0.2, 0.25) is 0 Å². The lowest BCUT2D eigenvalue weighted by molar-refractivity contribution is -0.186. The fourth-order valence-corrected chi connectivity index (χ4v) is 4.15. The average Bonchev–Trinajstić information content (AvgIpc) is 2.34. The highest BCUT2D eigenvalue weighted by Crippen LogP contribution is 2.53. The Labute approximate surface area is 122 Å². The van der Waals surface area contributed by atoms with Crippen molar-refractivity contribution < 1.29 is 14.3 Å². The minimum absolute atomic E-state index is 0.0682. The Balaban J connectivity index is 2.33. The Hall–Kier alpha value is -0.830. The van der Waals surface area contributed by atoms with Gasteiger partial charge in [-0.1, -0.05) is 39.3 Å². The van der Waals surface area contributed by atoms with Crippen LogP contribution in [-0.2, 0) is 14.3 Å². The predicted octanol–water partition coefficient (Wildman–Crippen LogP) is 3.44. The summed E-state index contributed by atoms with van der Waals surface area (Å²) in [5.74, 6) is 1.60. The summed E-state index contributed by atoms with van der Waals surface area (Å²) in [6, 6.07) is 0. The number of hydrogen-bond acceptors (Lipinski definition) is 3. The van der Waals surface area contributed by atoms with Gasteiger partial charge in [-0.3, -0.25) is 4.79 Å². The third-order valence-corrected chi connectivity index (χ3v) is 5.49. The van der Waals surface area contributed by atoms with Crippen molar-refractivity contribution in [2.75, 3.05) is 13.2 Å². The van der Waals surface area contributed by atoms with Gasteiger partial charge >= 0.3 is 5.97 Å². The molecule has 1 saturated heterocycles. The van der Waals surface area contributed by atoms with E-state index in [0.717, 1.165) is 0 Å². The molecule has 0 amide bonds. The fraction of sp³-hybridized carbons (Fsp3) is 0.824. The molecule has 114 valence electrons. The van der Waals surface area contributed by atoms with E-state index in [2.05, 4.69) is 40.7 Å². The highest BCUT2D eigenvalue weighted by Gasteiger charge is 2.54. The van der Waals surface area contributed by atoms with Crippen LogP contribution in [0.15, 0.2) is 11.6 Å². The molecule has 20 heavy (non-hydrogen) atoms. The van der Waals surface area contributed by atoms with Crippen LogP contribution in [0.4, 0.5) is 0 Å². The summed E-state index contributed by atoms with van der Waals surface area (Å²) in [5, 5.41) is 0. The second-order valence-electron chi connectivity index (χ2n) is 7.05. The second-order valence-corrected chi connectivity index (χ2v) is 7.05. The van der Waals surface area contributed by atoms with Gasteiger partial charge in [-0.25, -0.2) is 0 Å². The molecule has 1 fully saturated rings. The Morgan fingerprint density at radius 3 is 2.70 bits per heavy atom. The number of fused-ring (bicyclic) bond motifs is 2. The topological polar surface area (TPSA) is 35.5 Å². The third kappa shape index (κ3) is 2.41. The Morgan fingerprint density at radius 1 is 1.50 bits per heavy atom. The number of carbonyl (C=O) groups excluding carboxylic acids is 1. The number of esters is 1. The smallest absolute Gasteiger partial charge is 0.302 e. The zero-order chi connectivity index (χ0) is 15.1. The maximum absolute atomic E-state index is 11.2. The summed E-state index contributed by atoms with van der Waals surface area (Å²) < 4.78 is 11.6. The molecule has 1 aliphatic carbocycles. The molecule has 0 spiro atoms. The molecule has 0 aromatic rings. The quantitative estimate of drug-likeness (QED) is 0.587. The van der Waals surface area contributed by atoms with Crippen LogP contribution in [0.25, 0.3) is 0 Å². The molecule has 0 aromatic carbocycles. The summed E-state index contributed by atoms with van der Waals surface area (Å²) in [6.45, 7) is 13.8. The number of carbonyl (C=O) groups is 1. The molecule has 1 heterocycles. The number of allylic oxidation sites excluding steroid dienone is 1. The summed E-state index contributed by atoms with van der Waals surface area (Å²) in [4.78, 5) is 11.2. The molecule has 0 unspecified atom stereocenters. The maximum Gasteiger partial charge on any atom is 0.302 e. The van der Waals surface area contributed by atoms with Crippen LogP contribution in [0.5, 0.6) is 0 Å². The molecule has 2 aliphatic rings. The van der Waals surface area contributed by atoms with Crippen LogP contribution in [0, 0.1) is 29.1 Å². The molecular formula is C17H28O3. The molecular weight excluding hydrogens is 252 g/mol. The number of hydrogen-bond donors (Lipinski definition) is 0. The lowest BCUT2D eigenvalue weighted by Crippen LogP contribution is -2.57. The largest absolute Gasteiger partial charge is 0.465 e. The van der Waals surface area contributed by atoms with Crippen molar-refractivity contribution in [3.8, 4) is 0 Å². The number of rotatable bonds is 3. The van der Waals surface area contributed by atoms with Gasteiger partial charge < -0.3 is 9.47 Å². The van der Waals surface area contributed by atoms with E-state index in [9.17, 15) is 4.79 Å². The first-order valence-electron chi connectivity index (χ1n) is 7.73. The highest BCUT2D eigenvalue weighted by atomic mass is 16.5. The van der Waals surface area contributed by atoms with Crippen molar-refractivity contribution in [2.45, 2.75) is 47.6 Å². The lowest BCUT2D eigenvalue weighted by atomic mass is 9.55. The summed E-state index contributed by atoms with van der Waals surface area (Å²) in [5.41, 5.74) is 1.36. The van der Waals surface area contributed by atoms with E-state index in [4.69, 9.17) is 9.47 Å². The molecule has 2 bridgehead atoms. The van der Waals surface area contributed by atoms with Gasteiger partial charge in [0.2, 0.25) is 0 Å². The van der Waals surface area contributed by atoms with Crippen molar-refractivity contribution in [1.82, 2.24) is 0 Å². The van der Waals surface area contributed by atoms with E-state index >= 15 is 0 Å². The van der Waals surface area contributed by atoms with Crippen LogP contribution in [0.3, 0.4) is 0 Å². The van der Waals surface area contributed by atoms with Crippen molar-refractivity contribution in [3.05, 3.63) is 11.6 Å². The molecule has 1 aliphatic heterocycles. The zero-order valence-electron chi connectivity index (χ0n) is 13.6. The van der Waals surface area contributed by atoms with Gasteiger partial charge in [-0.05, 0) is 24.7 Å². The molecule has 5 atom stereocenters. The van der Waals surface area contributed by atoms with Gasteiger partial charge in [0.05, 0.1) is 19.3 Å². The number of ether oxygens (including phenoxy) is 2. The molecule has 0 aromatic heterocycles. The second kappa shape index (κ2) is 5.51. The van der Waals surface area contributed by atoms with Crippen molar-refractivity contribution in [1.29, 1.82) is 0 Å². The first-order chi connectivity index (χ1) is 9.29. The van der Waals surface area contributed by atoms with Crippen LogP contribution in [0.1, 0.15) is 41.5 Å². The van der Waals surface area contributed by atoms with Gasteiger partial charge in [0.25, 0.3) is 0 Å². The average molecular weight is 280 g/mol. The van der Waals surface area contributed by atoms with Gasteiger partial charge in [-0.15, -0.1) is 0 Å². The lowest BCUT2D eigenvalue weighted by Gasteiger charge is -2.56. The standard InChI is InChI=1S/C17H28O3/c1-10(2)16-15-11(3)7-12(4)17(9-20-16,13(15)5)8-19-14(6)18/h7,10,12-13,15-16H,8-9H2,1-6H3/t12-,13-,15-,16+,17-/m1/s1. The third-order valence-electron chi connectivity index (χ3n) is 5.49. The fourth-order valence-electron chi connectivity index (χ4n) is 4.15. The van der Waals surface area contributed by atoms with Crippen molar-refractivity contribution in [3.63, 3.8) is 0 Å². The molecule has 2 rings (SSSR count). The maximum atomic E-state index is 11.2. The molecule has 3 nitrogen and oxygen atoms in total. The van der Waals surface area contributed by atoms with Crippen LogP contribution >= 0.6 is 0 Å². The minimum Gasteiger partial charge on any atom is -0.465 e. The van der Waals surface area contributed by atoms with Gasteiger partial charge in [0.1, 0.15) is 0 Å². The molecule has 0 saturated carbocycles. The Bertz CT molecular complexity index is 412. The van der Waals surface area contributed by atoms with Gasteiger partial charge in [-0.2, -0.15) is 0 Å². The zero-order valence-corrected chi connectivity index (χ0v) is 13.6. The Kier molecular flexibility index (Phi) is 4.29. The predicted molar refractivity (Wildman–Crippen MR) is 79.2 cm³/mol. The normalized spacial score (nSPS) is 40.5. The SMILES string of the molecule is CC(=O)OC[C@@]12CO[C@@H](C(C)C)[C@H](C(C)=C[C@H]1C)[C@H]2C. The molecule has 0 N–H and O–H groups in total. The van der Waals surface area contributed by atoms with E-state index in [1.165, 1.54) is 12.5 Å². The Morgan fingerprint density at radius 2 is 2.15 bits per heavy atom. The van der Waals surface area contributed by atoms with E-state index < -0.39 is 0 Å². The van der Waals surface area contributed by atoms with Crippen molar-refractivity contribution in [2.24, 2.45) is 29.1 Å². The van der Waals surface area contributed by atoms with Crippen LogP contribution < -0.4 is 0 Å². The van der Waals surface area contributed by atoms with E-state index in [1.807, 2.05) is 0 Å². The van der Waals surface area contributed by atoms with Crippen LogP contribution in [-0.4, -0.2) is 25.3 Å². The first-order valence-corrected chi connectivity index (χ1v) is 7.73. The monoisotopic (exact) mass is 280 g/mol. The van der Waals surface area contributed by atoms with E-state index in [1.54, 1.807) is 0 Å². The van der Waals surface area contributed by atoms with Gasteiger partial charge in [0.15, 0.2) is 0 Å². The highest BCUT2D eigenvalue weighted by molar-refractivity contribution is 5.65. The summed E-state index contributed by atoms with van der Waals surface area (Å²) in [6.07, 6.45) is 2.64. The summed E-state index contributed by atoms with van der Waals surface area (Å²) in [7, 11) is 0. The molecule has 3 heteroatoms. The van der Waals surface area contributed by atoms with E-state index in [0.29, 0.717) is 36.9 Å². The van der Waals surface area contributed by atoms with E-state index in [-0.39, 0.29) is 17.5 Å². The van der Waals surface area contributed by atoms with Gasteiger partial charge in [0, 0.05) is 18.3 Å². The molecule has 0 radical (unpaired) electrons. The van der Waals surface area contributed by atoms with Crippen molar-refractivity contribution >= 4 is 5.97 Å². The summed E-state index contributed by atoms with van der Waals surface area (Å²) >= 11 is 0.